The lowest BCUT2D eigenvalue weighted by Crippen LogP contribution is -2.05. The summed E-state index contributed by atoms with van der Waals surface area (Å²) in [6, 6.07) is 9.95. The Morgan fingerprint density at radius 3 is 2.81 bits per heavy atom. The highest BCUT2D eigenvalue weighted by Crippen LogP contribution is 2.14. The van der Waals surface area contributed by atoms with E-state index in [1.165, 1.54) is 6.33 Å². The number of rotatable bonds is 5. The first-order valence-electron chi connectivity index (χ1n) is 6.25. The van der Waals surface area contributed by atoms with Crippen molar-refractivity contribution in [2.45, 2.75) is 13.2 Å². The average Bonchev–Trinajstić information content (AvgIpc) is 2.88. The summed E-state index contributed by atoms with van der Waals surface area (Å²) in [6.07, 6.45) is 3.05. The third-order valence-corrected chi connectivity index (χ3v) is 2.96. The molecule has 1 aromatic carbocycles. The molecule has 7 heteroatoms. The summed E-state index contributed by atoms with van der Waals surface area (Å²) < 4.78 is 7.11. The topological polar surface area (TPSA) is 69.9 Å². The molecule has 21 heavy (non-hydrogen) atoms. The molecule has 0 bridgehead atoms. The van der Waals surface area contributed by atoms with E-state index >= 15 is 0 Å². The van der Waals surface area contributed by atoms with E-state index in [0.29, 0.717) is 17.8 Å². The van der Waals surface area contributed by atoms with Crippen LogP contribution in [0.2, 0.25) is 0 Å². The smallest absolute Gasteiger partial charge is 0.318 e. The summed E-state index contributed by atoms with van der Waals surface area (Å²) in [4.78, 5) is 23.4. The van der Waals surface area contributed by atoms with Gasteiger partial charge in [-0.25, -0.2) is 9.97 Å². The number of hydrogen-bond acceptors (Lipinski definition) is 5. The number of benzene rings is 1. The van der Waals surface area contributed by atoms with Crippen molar-refractivity contribution in [1.82, 2.24) is 19.5 Å². The maximum Gasteiger partial charge on any atom is 0.318 e. The Morgan fingerprint density at radius 2 is 2.05 bits per heavy atom. The summed E-state index contributed by atoms with van der Waals surface area (Å²) in [5.41, 5.74) is 2.12. The van der Waals surface area contributed by atoms with Crippen LogP contribution < -0.4 is 4.74 Å². The van der Waals surface area contributed by atoms with Gasteiger partial charge in [-0.2, -0.15) is 4.98 Å². The number of nitrogens with zero attached hydrogens (tertiary/aromatic N) is 4. The number of imidazole rings is 1. The van der Waals surface area contributed by atoms with Gasteiger partial charge in [-0.1, -0.05) is 30.3 Å². The molecule has 2 aromatic heterocycles. The molecule has 3 rings (SSSR count). The molecule has 0 aliphatic rings. The zero-order valence-electron chi connectivity index (χ0n) is 10.9. The molecule has 2 heterocycles. The first-order chi connectivity index (χ1) is 10.2. The molecule has 3 aromatic rings. The second-order valence-corrected chi connectivity index (χ2v) is 4.78. The van der Waals surface area contributed by atoms with Gasteiger partial charge in [-0.05, 0) is 17.2 Å². The van der Waals surface area contributed by atoms with Gasteiger partial charge in [-0.15, -0.1) is 0 Å². The van der Waals surface area contributed by atoms with Crippen LogP contribution in [0.4, 0.5) is 0 Å². The molecular weight excluding hydrogens is 292 g/mol. The molecule has 0 radical (unpaired) electrons. The minimum absolute atomic E-state index is 0.00714. The highest BCUT2D eigenvalue weighted by Gasteiger charge is 2.09. The van der Waals surface area contributed by atoms with Crippen molar-refractivity contribution in [2.75, 3.05) is 0 Å². The van der Waals surface area contributed by atoms with Crippen LogP contribution in [0.25, 0.3) is 11.2 Å². The fourth-order valence-corrected chi connectivity index (χ4v) is 2.01. The molecule has 0 aliphatic carbocycles. The van der Waals surface area contributed by atoms with Crippen LogP contribution in [0.1, 0.15) is 5.56 Å². The van der Waals surface area contributed by atoms with Gasteiger partial charge in [-0.3, -0.25) is 4.79 Å². The molecule has 0 spiro atoms. The van der Waals surface area contributed by atoms with Crippen LogP contribution in [-0.2, 0) is 17.9 Å². The number of fused-ring (bicyclic) bond motifs is 1. The highest BCUT2D eigenvalue weighted by atomic mass is 35.5. The second-order valence-electron chi connectivity index (χ2n) is 4.36. The van der Waals surface area contributed by atoms with Crippen LogP contribution in [0.3, 0.4) is 0 Å². The number of ether oxygens (including phenoxy) is 1. The van der Waals surface area contributed by atoms with E-state index in [0.717, 1.165) is 5.56 Å². The number of carbonyl (C=O) groups is 1. The maximum atomic E-state index is 11.0. The van der Waals surface area contributed by atoms with Gasteiger partial charge in [0.25, 0.3) is 0 Å². The third-order valence-electron chi connectivity index (χ3n) is 2.84. The lowest BCUT2D eigenvalue weighted by Gasteiger charge is -2.05. The van der Waals surface area contributed by atoms with Gasteiger partial charge in [0, 0.05) is 0 Å². The van der Waals surface area contributed by atoms with Gasteiger partial charge in [0.15, 0.2) is 5.65 Å². The summed E-state index contributed by atoms with van der Waals surface area (Å²) >= 11 is 5.39. The van der Waals surface area contributed by atoms with E-state index in [9.17, 15) is 4.79 Å². The van der Waals surface area contributed by atoms with E-state index in [1.807, 2.05) is 30.3 Å². The number of hydrogen-bond donors (Lipinski definition) is 0. The Bertz CT molecular complexity index is 773. The van der Waals surface area contributed by atoms with E-state index in [4.69, 9.17) is 16.3 Å². The Balaban J connectivity index is 1.81. The molecule has 6 nitrogen and oxygen atoms in total. The van der Waals surface area contributed by atoms with Crippen LogP contribution in [0.5, 0.6) is 6.01 Å². The van der Waals surface area contributed by atoms with Crippen molar-refractivity contribution in [3.05, 3.63) is 48.4 Å². The number of carbonyl (C=O) groups excluding carboxylic acids is 1. The molecule has 0 saturated carbocycles. The number of aromatic nitrogens is 4. The maximum absolute atomic E-state index is 11.0. The standard InChI is InChI=1S/C14H11ClN4O2/c15-12(20)7-19-9-17-11-6-16-14(18-13(11)19)21-8-10-4-2-1-3-5-10/h1-6,9H,7-8H2. The summed E-state index contributed by atoms with van der Waals surface area (Å²) in [5, 5.41) is -0.486. The van der Waals surface area contributed by atoms with Crippen molar-refractivity contribution in [2.24, 2.45) is 0 Å². The SMILES string of the molecule is O=C(Cl)Cn1cnc2cnc(OCc3ccccc3)nc21. The van der Waals surface area contributed by atoms with Gasteiger partial charge >= 0.3 is 6.01 Å². The summed E-state index contributed by atoms with van der Waals surface area (Å²) in [6.45, 7) is 0.377. The van der Waals surface area contributed by atoms with Gasteiger partial charge < -0.3 is 9.30 Å². The molecule has 0 atom stereocenters. The third kappa shape index (κ3) is 3.17. The van der Waals surface area contributed by atoms with Crippen molar-refractivity contribution < 1.29 is 9.53 Å². The van der Waals surface area contributed by atoms with E-state index in [2.05, 4.69) is 15.0 Å². The number of halogens is 1. The van der Waals surface area contributed by atoms with E-state index in [1.54, 1.807) is 10.8 Å². The summed E-state index contributed by atoms with van der Waals surface area (Å²) in [7, 11) is 0. The quantitative estimate of drug-likeness (QED) is 0.676. The van der Waals surface area contributed by atoms with Crippen molar-refractivity contribution >= 4 is 28.0 Å². The van der Waals surface area contributed by atoms with Crippen molar-refractivity contribution in [3.63, 3.8) is 0 Å². The first kappa shape index (κ1) is 13.5. The average molecular weight is 303 g/mol. The molecule has 0 fully saturated rings. The van der Waals surface area contributed by atoms with Crippen LogP contribution in [0, 0.1) is 0 Å². The Kier molecular flexibility index (Phi) is 3.79. The molecule has 0 saturated heterocycles. The Labute approximate surface area is 125 Å². The van der Waals surface area contributed by atoms with Crippen LogP contribution >= 0.6 is 11.6 Å². The van der Waals surface area contributed by atoms with Crippen molar-refractivity contribution in [1.29, 1.82) is 0 Å². The first-order valence-corrected chi connectivity index (χ1v) is 6.63. The molecule has 106 valence electrons. The van der Waals surface area contributed by atoms with E-state index < -0.39 is 5.24 Å². The predicted octanol–water partition coefficient (Wildman–Crippen LogP) is 2.17. The zero-order chi connectivity index (χ0) is 14.7. The largest absolute Gasteiger partial charge is 0.459 e. The zero-order valence-corrected chi connectivity index (χ0v) is 11.7. The molecule has 0 aliphatic heterocycles. The van der Waals surface area contributed by atoms with Crippen LogP contribution in [-0.4, -0.2) is 24.8 Å². The Hall–Kier alpha value is -2.47. The van der Waals surface area contributed by atoms with Gasteiger partial charge in [0.2, 0.25) is 5.24 Å². The molecule has 0 unspecified atom stereocenters. The lowest BCUT2D eigenvalue weighted by atomic mass is 10.2. The lowest BCUT2D eigenvalue weighted by molar-refractivity contribution is -0.112. The Morgan fingerprint density at radius 1 is 1.24 bits per heavy atom. The minimum Gasteiger partial charge on any atom is -0.459 e. The monoisotopic (exact) mass is 302 g/mol. The highest BCUT2D eigenvalue weighted by molar-refractivity contribution is 6.63. The fourth-order valence-electron chi connectivity index (χ4n) is 1.88. The van der Waals surface area contributed by atoms with Gasteiger partial charge in [0.05, 0.1) is 19.1 Å². The molecular formula is C14H11ClN4O2. The van der Waals surface area contributed by atoms with Crippen LogP contribution in [0.15, 0.2) is 42.9 Å². The van der Waals surface area contributed by atoms with Gasteiger partial charge in [0.1, 0.15) is 12.1 Å². The molecule has 0 N–H and O–H groups in total. The predicted molar refractivity (Wildman–Crippen MR) is 77.0 cm³/mol. The minimum atomic E-state index is -0.486. The normalized spacial score (nSPS) is 10.7. The summed E-state index contributed by atoms with van der Waals surface area (Å²) in [5.74, 6) is 0. The van der Waals surface area contributed by atoms with Crippen molar-refractivity contribution in [3.8, 4) is 6.01 Å². The van der Waals surface area contributed by atoms with E-state index in [-0.39, 0.29) is 12.6 Å². The molecule has 0 amide bonds. The fraction of sp³-hybridized carbons (Fsp3) is 0.143. The second kappa shape index (κ2) is 5.88.